The summed E-state index contributed by atoms with van der Waals surface area (Å²) in [6.45, 7) is 5.69. The summed E-state index contributed by atoms with van der Waals surface area (Å²) >= 11 is 0. The molecule has 0 spiro atoms. The van der Waals surface area contributed by atoms with E-state index in [1.54, 1.807) is 12.1 Å². The first-order valence-corrected chi connectivity index (χ1v) is 9.87. The maximum absolute atomic E-state index is 11.6. The van der Waals surface area contributed by atoms with E-state index in [9.17, 15) is 14.9 Å². The van der Waals surface area contributed by atoms with Gasteiger partial charge in [0.2, 0.25) is 0 Å². The highest BCUT2D eigenvalue weighted by Gasteiger charge is 2.26. The number of nitrogens with zero attached hydrogens (tertiary/aromatic N) is 2. The summed E-state index contributed by atoms with van der Waals surface area (Å²) in [5.41, 5.74) is 2.32. The number of nitro groups is 1. The molecule has 0 bridgehead atoms. The predicted molar refractivity (Wildman–Crippen MR) is 114 cm³/mol. The Hall–Kier alpha value is -3.25. The number of carbonyl (C=O) groups excluding carboxylic acids is 1. The molecule has 1 fully saturated rings. The van der Waals surface area contributed by atoms with Crippen molar-refractivity contribution in [1.82, 2.24) is 0 Å². The fraction of sp³-hybridized carbons (Fsp3) is 0.261. The molecule has 0 aromatic heterocycles. The lowest BCUT2D eigenvalue weighted by molar-refractivity contribution is -0.914. The van der Waals surface area contributed by atoms with E-state index in [-0.39, 0.29) is 11.5 Å². The van der Waals surface area contributed by atoms with Gasteiger partial charge in [0.1, 0.15) is 12.2 Å². The van der Waals surface area contributed by atoms with E-state index in [1.807, 2.05) is 0 Å². The first-order chi connectivity index (χ1) is 14.0. The van der Waals surface area contributed by atoms with Crippen molar-refractivity contribution >= 4 is 27.9 Å². The summed E-state index contributed by atoms with van der Waals surface area (Å²) in [5, 5.41) is 14.1. The summed E-state index contributed by atoms with van der Waals surface area (Å²) in [4.78, 5) is 26.3. The molecule has 6 nitrogen and oxygen atoms in total. The summed E-state index contributed by atoms with van der Waals surface area (Å²) in [6, 6.07) is 19.6. The molecule has 3 aromatic carbocycles. The number of Topliss-reactive ketones (excluding diaryl/α,β-unsaturated/α-hetero) is 1. The highest BCUT2D eigenvalue weighted by molar-refractivity contribution is 5.95. The topological polar surface area (TPSA) is 67.9 Å². The number of benzene rings is 3. The number of ketones is 1. The molecule has 1 N–H and O–H groups in total. The molecule has 29 heavy (non-hydrogen) atoms. The monoisotopic (exact) mass is 390 g/mol. The van der Waals surface area contributed by atoms with E-state index < -0.39 is 4.92 Å². The minimum atomic E-state index is -0.392. The zero-order chi connectivity index (χ0) is 20.4. The molecule has 0 saturated carbocycles. The number of quaternary nitrogens is 1. The molecule has 1 aliphatic heterocycles. The van der Waals surface area contributed by atoms with Crippen LogP contribution in [0.1, 0.15) is 22.8 Å². The Labute approximate surface area is 169 Å². The Balaban J connectivity index is 1.48. The van der Waals surface area contributed by atoms with Crippen LogP contribution < -0.4 is 9.80 Å². The van der Waals surface area contributed by atoms with E-state index in [2.05, 4.69) is 47.4 Å². The van der Waals surface area contributed by atoms with Gasteiger partial charge in [0.05, 0.1) is 31.1 Å². The lowest BCUT2D eigenvalue weighted by Crippen LogP contribution is -3.13. The van der Waals surface area contributed by atoms with Gasteiger partial charge in [-0.1, -0.05) is 42.5 Å². The minimum Gasteiger partial charge on any atom is -0.355 e. The van der Waals surface area contributed by atoms with Crippen molar-refractivity contribution in [3.63, 3.8) is 0 Å². The average molecular weight is 390 g/mol. The average Bonchev–Trinajstić information content (AvgIpc) is 2.74. The second-order valence-corrected chi connectivity index (χ2v) is 7.57. The maximum atomic E-state index is 11.6. The molecule has 0 aliphatic carbocycles. The highest BCUT2D eigenvalue weighted by Crippen LogP contribution is 2.29. The minimum absolute atomic E-state index is 0.00945. The van der Waals surface area contributed by atoms with Crippen LogP contribution in [-0.4, -0.2) is 36.9 Å². The number of rotatable bonds is 5. The van der Waals surface area contributed by atoms with Crippen molar-refractivity contribution in [2.24, 2.45) is 0 Å². The molecule has 1 aliphatic rings. The van der Waals surface area contributed by atoms with Gasteiger partial charge in [0.25, 0.3) is 5.69 Å². The predicted octanol–water partition coefficient (Wildman–Crippen LogP) is 2.86. The molecule has 0 radical (unpaired) electrons. The van der Waals surface area contributed by atoms with Gasteiger partial charge < -0.3 is 9.80 Å². The van der Waals surface area contributed by atoms with Crippen LogP contribution >= 0.6 is 0 Å². The van der Waals surface area contributed by atoms with Crippen molar-refractivity contribution < 1.29 is 14.6 Å². The maximum Gasteiger partial charge on any atom is 0.293 e. The van der Waals surface area contributed by atoms with Gasteiger partial charge in [0.15, 0.2) is 5.78 Å². The van der Waals surface area contributed by atoms with E-state index in [0.717, 1.165) is 32.7 Å². The first-order valence-electron chi connectivity index (χ1n) is 9.87. The normalized spacial score (nSPS) is 14.9. The fourth-order valence-corrected chi connectivity index (χ4v) is 4.11. The molecule has 4 rings (SSSR count). The standard InChI is InChI=1S/C23H23N3O3/c1-17(27)19-9-10-22(23(15-19)26(28)29)25-13-11-24(12-14-25)16-20-7-4-6-18-5-2-3-8-21(18)20/h2-10,15H,11-14,16H2,1H3/p+1. The summed E-state index contributed by atoms with van der Waals surface area (Å²) in [7, 11) is 0. The smallest absolute Gasteiger partial charge is 0.293 e. The lowest BCUT2D eigenvalue weighted by Gasteiger charge is -2.33. The van der Waals surface area contributed by atoms with Crippen LogP contribution in [-0.2, 0) is 6.54 Å². The zero-order valence-corrected chi connectivity index (χ0v) is 16.4. The molecule has 0 amide bonds. The Kier molecular flexibility index (Phi) is 5.27. The van der Waals surface area contributed by atoms with E-state index in [1.165, 1.54) is 34.2 Å². The molecule has 148 valence electrons. The summed E-state index contributed by atoms with van der Waals surface area (Å²) in [5.74, 6) is -0.163. The number of nitro benzene ring substituents is 1. The van der Waals surface area contributed by atoms with Crippen LogP contribution in [0.15, 0.2) is 60.7 Å². The molecule has 3 aromatic rings. The third-order valence-electron chi connectivity index (χ3n) is 5.71. The van der Waals surface area contributed by atoms with Gasteiger partial charge in [0, 0.05) is 17.2 Å². The van der Waals surface area contributed by atoms with Crippen LogP contribution in [0.5, 0.6) is 0 Å². The second-order valence-electron chi connectivity index (χ2n) is 7.57. The van der Waals surface area contributed by atoms with Gasteiger partial charge in [-0.15, -0.1) is 0 Å². The zero-order valence-electron chi connectivity index (χ0n) is 16.4. The van der Waals surface area contributed by atoms with Crippen LogP contribution in [0.3, 0.4) is 0 Å². The van der Waals surface area contributed by atoms with Crippen molar-refractivity contribution in [2.75, 3.05) is 31.1 Å². The van der Waals surface area contributed by atoms with Gasteiger partial charge in [-0.3, -0.25) is 14.9 Å². The van der Waals surface area contributed by atoms with Crippen molar-refractivity contribution in [2.45, 2.75) is 13.5 Å². The number of nitrogens with one attached hydrogen (secondary N) is 1. The molecule has 1 heterocycles. The number of hydrogen-bond donors (Lipinski definition) is 1. The quantitative estimate of drug-likeness (QED) is 0.413. The molecule has 0 atom stereocenters. The Morgan fingerprint density at radius 2 is 1.79 bits per heavy atom. The third kappa shape index (κ3) is 3.98. The van der Waals surface area contributed by atoms with Gasteiger partial charge in [-0.05, 0) is 29.8 Å². The van der Waals surface area contributed by atoms with Gasteiger partial charge in [-0.25, -0.2) is 0 Å². The lowest BCUT2D eigenvalue weighted by atomic mass is 10.0. The number of fused-ring (bicyclic) bond motifs is 1. The number of anilines is 1. The van der Waals surface area contributed by atoms with Crippen molar-refractivity contribution in [1.29, 1.82) is 0 Å². The SMILES string of the molecule is CC(=O)c1ccc(N2CC[NH+](Cc3cccc4ccccc34)CC2)c([N+](=O)[O-])c1. The van der Waals surface area contributed by atoms with Crippen LogP contribution in [0.4, 0.5) is 11.4 Å². The van der Waals surface area contributed by atoms with Crippen LogP contribution in [0.25, 0.3) is 10.8 Å². The number of carbonyl (C=O) groups is 1. The molecule has 0 unspecified atom stereocenters. The second kappa shape index (κ2) is 8.01. The Morgan fingerprint density at radius 1 is 1.07 bits per heavy atom. The van der Waals surface area contributed by atoms with Crippen LogP contribution in [0, 0.1) is 10.1 Å². The van der Waals surface area contributed by atoms with Crippen LogP contribution in [0.2, 0.25) is 0 Å². The van der Waals surface area contributed by atoms with Crippen molar-refractivity contribution in [3.05, 3.63) is 81.9 Å². The molecule has 1 saturated heterocycles. The van der Waals surface area contributed by atoms with E-state index >= 15 is 0 Å². The number of hydrogen-bond acceptors (Lipinski definition) is 4. The molecular formula is C23H24N3O3+. The number of piperazine rings is 1. The molecule has 6 heteroatoms. The van der Waals surface area contributed by atoms with Gasteiger partial charge in [-0.2, -0.15) is 0 Å². The van der Waals surface area contributed by atoms with Crippen molar-refractivity contribution in [3.8, 4) is 0 Å². The Morgan fingerprint density at radius 3 is 2.52 bits per heavy atom. The summed E-state index contributed by atoms with van der Waals surface area (Å²) < 4.78 is 0. The molecular weight excluding hydrogens is 366 g/mol. The van der Waals surface area contributed by atoms with Gasteiger partial charge >= 0.3 is 0 Å². The largest absolute Gasteiger partial charge is 0.355 e. The third-order valence-corrected chi connectivity index (χ3v) is 5.71. The van der Waals surface area contributed by atoms with E-state index in [4.69, 9.17) is 0 Å². The fourth-order valence-electron chi connectivity index (χ4n) is 4.11. The Bertz CT molecular complexity index is 1070. The van der Waals surface area contributed by atoms with E-state index in [0.29, 0.717) is 11.3 Å². The first kappa shape index (κ1) is 19.1. The highest BCUT2D eigenvalue weighted by atomic mass is 16.6. The summed E-state index contributed by atoms with van der Waals surface area (Å²) in [6.07, 6.45) is 0.